The molecule has 0 amide bonds. The summed E-state index contributed by atoms with van der Waals surface area (Å²) in [6, 6.07) is 9.95. The van der Waals surface area contributed by atoms with E-state index in [2.05, 4.69) is 57.8 Å². The summed E-state index contributed by atoms with van der Waals surface area (Å²) < 4.78 is 11.7. The molecule has 1 N–H and O–H groups in total. The molecular formula is C19H19N5O2S2. The molecule has 0 spiro atoms. The molecule has 3 heterocycles. The lowest BCUT2D eigenvalue weighted by Crippen LogP contribution is -1.99. The summed E-state index contributed by atoms with van der Waals surface area (Å²) in [5.41, 5.74) is 3.69. The van der Waals surface area contributed by atoms with Gasteiger partial charge in [-0.2, -0.15) is 0 Å². The minimum Gasteiger partial charge on any atom is -0.459 e. The molecule has 144 valence electrons. The number of rotatable bonds is 8. The summed E-state index contributed by atoms with van der Waals surface area (Å²) in [5.74, 6) is 1.98. The van der Waals surface area contributed by atoms with Gasteiger partial charge in [-0.3, -0.25) is 0 Å². The molecule has 0 saturated carbocycles. The SMILES string of the molecule is CCc1cccc(CC)c1Nc1nnc(SCc2nnc(-c3ccco3)o2)s1. The molecule has 0 aliphatic carbocycles. The van der Waals surface area contributed by atoms with E-state index in [4.69, 9.17) is 8.83 Å². The second-order valence-electron chi connectivity index (χ2n) is 5.92. The smallest absolute Gasteiger partial charge is 0.283 e. The van der Waals surface area contributed by atoms with Crippen molar-refractivity contribution < 1.29 is 8.83 Å². The van der Waals surface area contributed by atoms with Crippen molar-refractivity contribution in [3.63, 3.8) is 0 Å². The van der Waals surface area contributed by atoms with Crippen LogP contribution in [0.4, 0.5) is 10.8 Å². The van der Waals surface area contributed by atoms with Crippen LogP contribution >= 0.6 is 23.1 Å². The van der Waals surface area contributed by atoms with Gasteiger partial charge in [0.1, 0.15) is 0 Å². The highest BCUT2D eigenvalue weighted by Gasteiger charge is 2.14. The van der Waals surface area contributed by atoms with E-state index in [9.17, 15) is 0 Å². The van der Waals surface area contributed by atoms with E-state index in [1.807, 2.05) is 0 Å². The minimum absolute atomic E-state index is 0.378. The van der Waals surface area contributed by atoms with Crippen molar-refractivity contribution in [3.8, 4) is 11.7 Å². The lowest BCUT2D eigenvalue weighted by molar-refractivity contribution is 0.494. The third-order valence-electron chi connectivity index (χ3n) is 4.16. The lowest BCUT2D eigenvalue weighted by Gasteiger charge is -2.13. The number of anilines is 2. The fourth-order valence-corrected chi connectivity index (χ4v) is 4.36. The van der Waals surface area contributed by atoms with Crippen LogP contribution in [0.2, 0.25) is 0 Å². The van der Waals surface area contributed by atoms with Gasteiger partial charge in [-0.05, 0) is 36.1 Å². The van der Waals surface area contributed by atoms with Crippen molar-refractivity contribution >= 4 is 33.9 Å². The maximum Gasteiger partial charge on any atom is 0.283 e. The number of aromatic nitrogens is 4. The van der Waals surface area contributed by atoms with Gasteiger partial charge in [0.05, 0.1) is 12.0 Å². The fourth-order valence-electron chi connectivity index (χ4n) is 2.76. The number of thioether (sulfide) groups is 1. The van der Waals surface area contributed by atoms with Crippen LogP contribution in [0, 0.1) is 0 Å². The molecule has 9 heteroatoms. The summed E-state index contributed by atoms with van der Waals surface area (Å²) in [6.07, 6.45) is 3.50. The first-order chi connectivity index (χ1) is 13.8. The zero-order valence-corrected chi connectivity index (χ0v) is 17.1. The average molecular weight is 414 g/mol. The van der Waals surface area contributed by atoms with Crippen molar-refractivity contribution in [1.29, 1.82) is 0 Å². The number of benzene rings is 1. The average Bonchev–Trinajstić information content (AvgIpc) is 3.47. The van der Waals surface area contributed by atoms with Crippen molar-refractivity contribution in [2.45, 2.75) is 36.8 Å². The van der Waals surface area contributed by atoms with Gasteiger partial charge >= 0.3 is 0 Å². The number of para-hydroxylation sites is 1. The number of hydrogen-bond donors (Lipinski definition) is 1. The predicted molar refractivity (Wildman–Crippen MR) is 110 cm³/mol. The van der Waals surface area contributed by atoms with E-state index in [1.54, 1.807) is 18.4 Å². The Morgan fingerprint density at radius 1 is 1.00 bits per heavy atom. The van der Waals surface area contributed by atoms with Crippen LogP contribution < -0.4 is 5.32 Å². The number of nitrogens with zero attached hydrogens (tertiary/aromatic N) is 4. The minimum atomic E-state index is 0.378. The first kappa shape index (κ1) is 18.7. The van der Waals surface area contributed by atoms with Crippen LogP contribution in [0.15, 0.2) is 49.8 Å². The van der Waals surface area contributed by atoms with E-state index < -0.39 is 0 Å². The van der Waals surface area contributed by atoms with Crippen LogP contribution in [-0.4, -0.2) is 20.4 Å². The van der Waals surface area contributed by atoms with E-state index in [1.165, 1.54) is 34.2 Å². The van der Waals surface area contributed by atoms with Gasteiger partial charge in [0.15, 0.2) is 10.1 Å². The van der Waals surface area contributed by atoms with Gasteiger partial charge in [-0.15, -0.1) is 20.4 Å². The summed E-state index contributed by atoms with van der Waals surface area (Å²) >= 11 is 3.02. The molecule has 1 aromatic carbocycles. The second-order valence-corrected chi connectivity index (χ2v) is 8.12. The summed E-state index contributed by atoms with van der Waals surface area (Å²) in [5, 5.41) is 20.8. The van der Waals surface area contributed by atoms with Crippen molar-refractivity contribution in [2.24, 2.45) is 0 Å². The largest absolute Gasteiger partial charge is 0.459 e. The standard InChI is InChI=1S/C19H19N5O2S2/c1-3-12-7-5-8-13(4-2)16(12)20-18-23-24-19(28-18)27-11-15-21-22-17(26-15)14-9-6-10-25-14/h5-10H,3-4,11H2,1-2H3,(H,20,23). The van der Waals surface area contributed by atoms with E-state index >= 15 is 0 Å². The van der Waals surface area contributed by atoms with E-state index in [0.717, 1.165) is 28.0 Å². The molecule has 0 bridgehead atoms. The molecule has 28 heavy (non-hydrogen) atoms. The highest BCUT2D eigenvalue weighted by molar-refractivity contribution is 8.00. The van der Waals surface area contributed by atoms with Crippen LogP contribution in [0.25, 0.3) is 11.7 Å². The van der Waals surface area contributed by atoms with Gasteiger partial charge < -0.3 is 14.2 Å². The van der Waals surface area contributed by atoms with Crippen LogP contribution in [-0.2, 0) is 18.6 Å². The van der Waals surface area contributed by atoms with Gasteiger partial charge in [0.2, 0.25) is 11.0 Å². The maximum atomic E-state index is 5.62. The van der Waals surface area contributed by atoms with E-state index in [-0.39, 0.29) is 0 Å². The Bertz CT molecular complexity index is 1020. The molecule has 4 rings (SSSR count). The Balaban J connectivity index is 1.42. The van der Waals surface area contributed by atoms with Crippen LogP contribution in [0.5, 0.6) is 0 Å². The highest BCUT2D eigenvalue weighted by atomic mass is 32.2. The molecule has 0 aliphatic heterocycles. The molecule has 0 unspecified atom stereocenters. The third-order valence-corrected chi connectivity index (χ3v) is 6.11. The number of nitrogens with one attached hydrogen (secondary N) is 1. The lowest BCUT2D eigenvalue weighted by atomic mass is 10.0. The highest BCUT2D eigenvalue weighted by Crippen LogP contribution is 2.32. The Morgan fingerprint density at radius 2 is 1.82 bits per heavy atom. The molecule has 4 aromatic rings. The van der Waals surface area contributed by atoms with Crippen molar-refractivity contribution in [1.82, 2.24) is 20.4 Å². The molecule has 0 aliphatic rings. The summed E-state index contributed by atoms with van der Waals surface area (Å²) in [6.45, 7) is 4.31. The molecule has 0 radical (unpaired) electrons. The van der Waals surface area contributed by atoms with E-state index in [0.29, 0.717) is 23.3 Å². The molecule has 3 aromatic heterocycles. The Hall–Kier alpha value is -2.65. The van der Waals surface area contributed by atoms with Gasteiger partial charge in [-0.1, -0.05) is 55.1 Å². The topological polar surface area (TPSA) is 89.9 Å². The zero-order valence-electron chi connectivity index (χ0n) is 15.5. The normalized spacial score (nSPS) is 11.1. The van der Waals surface area contributed by atoms with Gasteiger partial charge in [-0.25, -0.2) is 0 Å². The number of hydrogen-bond acceptors (Lipinski definition) is 9. The predicted octanol–water partition coefficient (Wildman–Crippen LogP) is 5.34. The summed E-state index contributed by atoms with van der Waals surface area (Å²) in [4.78, 5) is 0. The van der Waals surface area contributed by atoms with Crippen molar-refractivity contribution in [2.75, 3.05) is 5.32 Å². The second kappa shape index (κ2) is 8.57. The first-order valence-corrected chi connectivity index (χ1v) is 10.8. The molecule has 0 fully saturated rings. The fraction of sp³-hybridized carbons (Fsp3) is 0.263. The number of furan rings is 1. The summed E-state index contributed by atoms with van der Waals surface area (Å²) in [7, 11) is 0. The quantitative estimate of drug-likeness (QED) is 0.387. The zero-order chi connectivity index (χ0) is 19.3. The number of aryl methyl sites for hydroxylation is 2. The molecule has 0 saturated heterocycles. The van der Waals surface area contributed by atoms with Crippen LogP contribution in [0.3, 0.4) is 0 Å². The van der Waals surface area contributed by atoms with Crippen LogP contribution in [0.1, 0.15) is 30.9 Å². The monoisotopic (exact) mass is 413 g/mol. The maximum absolute atomic E-state index is 5.62. The first-order valence-electron chi connectivity index (χ1n) is 8.97. The Labute approximate surface area is 170 Å². The van der Waals surface area contributed by atoms with Gasteiger partial charge in [0.25, 0.3) is 5.89 Å². The Morgan fingerprint density at radius 3 is 2.54 bits per heavy atom. The molecule has 0 atom stereocenters. The molecule has 7 nitrogen and oxygen atoms in total. The van der Waals surface area contributed by atoms with Crippen molar-refractivity contribution in [3.05, 3.63) is 53.6 Å². The Kier molecular flexibility index (Phi) is 5.73. The van der Waals surface area contributed by atoms with Gasteiger partial charge in [0, 0.05) is 5.69 Å². The third kappa shape index (κ3) is 4.10. The molecular weight excluding hydrogens is 394 g/mol.